The van der Waals surface area contributed by atoms with Crippen LogP contribution in [-0.2, 0) is 0 Å². The Hall–Kier alpha value is -3.92. The minimum Gasteiger partial charge on any atom is -0.490 e. The number of hydrogen-bond acceptors (Lipinski definition) is 7. The molecule has 2 heterocycles. The van der Waals surface area contributed by atoms with E-state index in [1.165, 1.54) is 0 Å². The van der Waals surface area contributed by atoms with Gasteiger partial charge in [-0.25, -0.2) is 4.79 Å². The summed E-state index contributed by atoms with van der Waals surface area (Å²) in [6.07, 6.45) is 0.854. The number of allylic oxidation sites excluding steroid dienone is 1. The summed E-state index contributed by atoms with van der Waals surface area (Å²) < 4.78 is 22.8. The molecule has 7 heteroatoms. The Morgan fingerprint density at radius 3 is 2.68 bits per heavy atom. The standard InChI is InChI=1S/C24H22N2O5/c1-3-11-29-18-10-9-14(12-19(18)28-4-2)20-16(13-25)23(26)31-22-15-7-5-6-8-17(15)30-24(27)21(20)22/h5-10,12,20H,3-4,11,26H2,1-2H3/t20-/m1/s1. The van der Waals surface area contributed by atoms with Crippen molar-refractivity contribution in [2.75, 3.05) is 13.2 Å². The molecule has 1 aliphatic heterocycles. The number of nitrogens with two attached hydrogens (primary N) is 1. The molecule has 1 atom stereocenters. The Bertz CT molecular complexity index is 1270. The number of hydrogen-bond donors (Lipinski definition) is 1. The Kier molecular flexibility index (Phi) is 5.54. The van der Waals surface area contributed by atoms with E-state index in [1.54, 1.807) is 36.4 Å². The molecule has 0 saturated carbocycles. The highest BCUT2D eigenvalue weighted by Gasteiger charge is 2.35. The first-order chi connectivity index (χ1) is 15.1. The molecule has 1 aliphatic rings. The summed E-state index contributed by atoms with van der Waals surface area (Å²) in [5, 5.41) is 10.4. The average molecular weight is 418 g/mol. The Morgan fingerprint density at radius 2 is 1.94 bits per heavy atom. The van der Waals surface area contributed by atoms with Gasteiger partial charge in [-0.1, -0.05) is 25.1 Å². The third-order valence-corrected chi connectivity index (χ3v) is 5.04. The molecule has 31 heavy (non-hydrogen) atoms. The minimum atomic E-state index is -0.756. The normalized spacial score (nSPS) is 15.2. The Labute approximate surface area is 179 Å². The smallest absolute Gasteiger partial charge is 0.344 e. The van der Waals surface area contributed by atoms with Crippen LogP contribution >= 0.6 is 0 Å². The van der Waals surface area contributed by atoms with Crippen molar-refractivity contribution in [1.82, 2.24) is 0 Å². The Morgan fingerprint density at radius 1 is 1.13 bits per heavy atom. The highest BCUT2D eigenvalue weighted by Crippen LogP contribution is 2.45. The zero-order valence-corrected chi connectivity index (χ0v) is 17.3. The fourth-order valence-corrected chi connectivity index (χ4v) is 3.70. The van der Waals surface area contributed by atoms with Gasteiger partial charge >= 0.3 is 5.63 Å². The Balaban J connectivity index is 1.94. The number of para-hydroxylation sites is 1. The van der Waals surface area contributed by atoms with Crippen molar-refractivity contribution in [3.05, 3.63) is 75.5 Å². The summed E-state index contributed by atoms with van der Waals surface area (Å²) in [4.78, 5) is 13.0. The van der Waals surface area contributed by atoms with Crippen LogP contribution in [0.3, 0.4) is 0 Å². The predicted octanol–water partition coefficient (Wildman–Crippen LogP) is 4.20. The third-order valence-electron chi connectivity index (χ3n) is 5.04. The second-order valence-corrected chi connectivity index (χ2v) is 7.04. The van der Waals surface area contributed by atoms with Gasteiger partial charge in [-0.15, -0.1) is 0 Å². The molecule has 1 aromatic heterocycles. The maximum atomic E-state index is 13.0. The van der Waals surface area contributed by atoms with Gasteiger partial charge in [0.05, 0.1) is 30.1 Å². The van der Waals surface area contributed by atoms with E-state index in [0.29, 0.717) is 47.0 Å². The van der Waals surface area contributed by atoms with Gasteiger partial charge in [0.1, 0.15) is 17.2 Å². The van der Waals surface area contributed by atoms with Crippen LogP contribution in [0, 0.1) is 11.3 Å². The summed E-state index contributed by atoms with van der Waals surface area (Å²) in [6.45, 7) is 4.88. The summed E-state index contributed by atoms with van der Waals surface area (Å²) in [5.41, 5.74) is 6.94. The topological polar surface area (TPSA) is 108 Å². The lowest BCUT2D eigenvalue weighted by Crippen LogP contribution is -2.26. The molecule has 158 valence electrons. The molecular formula is C24H22N2O5. The van der Waals surface area contributed by atoms with E-state index in [2.05, 4.69) is 6.07 Å². The van der Waals surface area contributed by atoms with Crippen LogP contribution in [0.1, 0.15) is 37.3 Å². The largest absolute Gasteiger partial charge is 0.490 e. The van der Waals surface area contributed by atoms with Gasteiger partial charge in [0.25, 0.3) is 0 Å². The molecule has 0 aliphatic carbocycles. The van der Waals surface area contributed by atoms with Gasteiger partial charge in [-0.3, -0.25) is 0 Å². The van der Waals surface area contributed by atoms with E-state index in [1.807, 2.05) is 19.9 Å². The maximum absolute atomic E-state index is 13.0. The third kappa shape index (κ3) is 3.57. The van der Waals surface area contributed by atoms with Crippen LogP contribution in [0.25, 0.3) is 11.0 Å². The quantitative estimate of drug-likeness (QED) is 0.598. The van der Waals surface area contributed by atoms with Crippen molar-refractivity contribution in [2.45, 2.75) is 26.2 Å². The molecule has 2 aromatic carbocycles. The first-order valence-electron chi connectivity index (χ1n) is 10.1. The van der Waals surface area contributed by atoms with Crippen LogP contribution in [0.4, 0.5) is 0 Å². The molecule has 0 fully saturated rings. The number of nitriles is 1. The van der Waals surface area contributed by atoms with Gasteiger partial charge in [0.15, 0.2) is 17.2 Å². The van der Waals surface area contributed by atoms with E-state index >= 15 is 0 Å². The monoisotopic (exact) mass is 418 g/mol. The molecule has 7 nitrogen and oxygen atoms in total. The summed E-state index contributed by atoms with van der Waals surface area (Å²) >= 11 is 0. The summed E-state index contributed by atoms with van der Waals surface area (Å²) in [7, 11) is 0. The summed E-state index contributed by atoms with van der Waals surface area (Å²) in [5.74, 6) is 0.634. The minimum absolute atomic E-state index is 0.0416. The van der Waals surface area contributed by atoms with Crippen LogP contribution in [0.5, 0.6) is 17.2 Å². The molecule has 0 unspecified atom stereocenters. The van der Waals surface area contributed by atoms with E-state index in [0.717, 1.165) is 6.42 Å². The fraction of sp³-hybridized carbons (Fsp3) is 0.250. The van der Waals surface area contributed by atoms with Gasteiger partial charge in [-0.05, 0) is 43.2 Å². The molecule has 2 N–H and O–H groups in total. The lowest BCUT2D eigenvalue weighted by Gasteiger charge is -2.26. The van der Waals surface area contributed by atoms with Crippen LogP contribution < -0.4 is 25.6 Å². The number of fused-ring (bicyclic) bond motifs is 3. The fourth-order valence-electron chi connectivity index (χ4n) is 3.70. The van der Waals surface area contributed by atoms with Crippen molar-refractivity contribution >= 4 is 11.0 Å². The second kappa shape index (κ2) is 8.44. The zero-order chi connectivity index (χ0) is 22.0. The molecule has 0 radical (unpaired) electrons. The van der Waals surface area contributed by atoms with Crippen LogP contribution in [-0.4, -0.2) is 13.2 Å². The van der Waals surface area contributed by atoms with Crippen molar-refractivity contribution in [3.63, 3.8) is 0 Å². The highest BCUT2D eigenvalue weighted by molar-refractivity contribution is 5.86. The van der Waals surface area contributed by atoms with Gasteiger partial charge in [0.2, 0.25) is 5.88 Å². The lowest BCUT2D eigenvalue weighted by molar-refractivity contribution is 0.276. The number of nitrogens with zero attached hydrogens (tertiary/aromatic N) is 1. The SMILES string of the molecule is CCCOc1ccc([C@@H]2C(C#N)=C(N)Oc3c2c(=O)oc2ccccc32)cc1OCC. The van der Waals surface area contributed by atoms with Crippen molar-refractivity contribution in [1.29, 1.82) is 5.26 Å². The lowest BCUT2D eigenvalue weighted by atomic mass is 9.83. The number of ether oxygens (including phenoxy) is 3. The number of benzene rings is 2. The van der Waals surface area contributed by atoms with E-state index in [4.69, 9.17) is 24.4 Å². The zero-order valence-electron chi connectivity index (χ0n) is 17.3. The molecule has 4 rings (SSSR count). The molecule has 3 aromatic rings. The highest BCUT2D eigenvalue weighted by atomic mass is 16.5. The van der Waals surface area contributed by atoms with E-state index < -0.39 is 11.5 Å². The first kappa shape index (κ1) is 20.4. The molecule has 0 amide bonds. The van der Waals surface area contributed by atoms with Gasteiger partial charge in [0, 0.05) is 0 Å². The van der Waals surface area contributed by atoms with Crippen molar-refractivity contribution < 1.29 is 18.6 Å². The first-order valence-corrected chi connectivity index (χ1v) is 10.1. The maximum Gasteiger partial charge on any atom is 0.344 e. The second-order valence-electron chi connectivity index (χ2n) is 7.04. The van der Waals surface area contributed by atoms with Crippen molar-refractivity contribution in [3.8, 4) is 23.3 Å². The van der Waals surface area contributed by atoms with E-state index in [9.17, 15) is 10.1 Å². The van der Waals surface area contributed by atoms with Gasteiger partial charge in [-0.2, -0.15) is 5.26 Å². The average Bonchev–Trinajstić information content (AvgIpc) is 2.77. The summed E-state index contributed by atoms with van der Waals surface area (Å²) in [6, 6.07) is 14.5. The van der Waals surface area contributed by atoms with E-state index in [-0.39, 0.29) is 17.0 Å². The van der Waals surface area contributed by atoms with Crippen LogP contribution in [0.2, 0.25) is 0 Å². The van der Waals surface area contributed by atoms with Crippen LogP contribution in [0.15, 0.2) is 63.1 Å². The molecule has 0 saturated heterocycles. The number of rotatable bonds is 6. The van der Waals surface area contributed by atoms with Crippen molar-refractivity contribution in [2.24, 2.45) is 5.73 Å². The predicted molar refractivity (Wildman–Crippen MR) is 115 cm³/mol. The molecule has 0 spiro atoms. The molecule has 0 bridgehead atoms. The van der Waals surface area contributed by atoms with Gasteiger partial charge < -0.3 is 24.4 Å². The molecular weight excluding hydrogens is 396 g/mol.